The van der Waals surface area contributed by atoms with Gasteiger partial charge in [-0.15, -0.1) is 0 Å². The molecule has 0 radical (unpaired) electrons. The van der Waals surface area contributed by atoms with Gasteiger partial charge in [0, 0.05) is 19.3 Å². The zero-order valence-corrected chi connectivity index (χ0v) is 16.2. The minimum Gasteiger partial charge on any atom is -0.385 e. The van der Waals surface area contributed by atoms with Crippen LogP contribution in [0.15, 0.2) is 42.5 Å². The van der Waals surface area contributed by atoms with Crippen LogP contribution in [-0.2, 0) is 26.7 Å². The highest BCUT2D eigenvalue weighted by Gasteiger charge is 2.43. The van der Waals surface area contributed by atoms with Crippen LogP contribution in [-0.4, -0.2) is 42.5 Å². The first-order valence-corrected chi connectivity index (χ1v) is 9.19. The molecular formula is C20H18F6N2O3. The van der Waals surface area contributed by atoms with Crippen molar-refractivity contribution in [3.8, 4) is 0 Å². The lowest BCUT2D eigenvalue weighted by atomic mass is 9.96. The fraction of sp³-hybridized carbons (Fsp3) is 0.400. The van der Waals surface area contributed by atoms with Crippen LogP contribution >= 0.6 is 0 Å². The zero-order valence-electron chi connectivity index (χ0n) is 16.2. The summed E-state index contributed by atoms with van der Waals surface area (Å²) >= 11 is 0. The molecule has 11 heteroatoms. The summed E-state index contributed by atoms with van der Waals surface area (Å²) < 4.78 is 83.4. The topological polar surface area (TPSA) is 58.6 Å². The van der Waals surface area contributed by atoms with Crippen molar-refractivity contribution in [2.24, 2.45) is 5.92 Å². The number of benzene rings is 1. The van der Waals surface area contributed by atoms with Crippen molar-refractivity contribution in [2.75, 3.05) is 25.5 Å². The Labute approximate surface area is 173 Å². The predicted octanol–water partition coefficient (Wildman–Crippen LogP) is 4.02. The number of halogens is 6. The molecule has 1 fully saturated rings. The number of hydrogen-bond donors (Lipinski definition) is 1. The predicted molar refractivity (Wildman–Crippen MR) is 97.8 cm³/mol. The molecular weight excluding hydrogens is 430 g/mol. The van der Waals surface area contributed by atoms with Crippen molar-refractivity contribution < 1.29 is 40.7 Å². The Morgan fingerprint density at radius 1 is 1.03 bits per heavy atom. The normalized spacial score (nSPS) is 21.1. The number of nitrogens with one attached hydrogen (secondary N) is 1. The Bertz CT molecular complexity index is 888. The third-order valence-corrected chi connectivity index (χ3v) is 5.10. The quantitative estimate of drug-likeness (QED) is 0.707. The summed E-state index contributed by atoms with van der Waals surface area (Å²) in [5.41, 5.74) is -4.38. The summed E-state index contributed by atoms with van der Waals surface area (Å²) in [5.74, 6) is -1.23. The van der Waals surface area contributed by atoms with E-state index in [1.54, 1.807) is 0 Å². The third kappa shape index (κ3) is 4.92. The molecule has 168 valence electrons. The van der Waals surface area contributed by atoms with E-state index in [4.69, 9.17) is 4.74 Å². The number of ether oxygens (including phenoxy) is 1. The highest BCUT2D eigenvalue weighted by atomic mass is 19.4. The van der Waals surface area contributed by atoms with E-state index in [0.717, 1.165) is 0 Å². The lowest BCUT2D eigenvalue weighted by Crippen LogP contribution is -2.57. The molecule has 1 saturated heterocycles. The van der Waals surface area contributed by atoms with E-state index in [2.05, 4.69) is 5.32 Å². The Balaban J connectivity index is 1.67. The molecule has 31 heavy (non-hydrogen) atoms. The molecule has 1 spiro atoms. The largest absolute Gasteiger partial charge is 0.416 e. The number of rotatable bonds is 4. The standard InChI is InChI=1S/C20H18F6N2O3/c1-28-17(30)12(11-31-18(28)5-2-16(29)3-6-18)4-7-27-15-9-13(19(21,22)23)8-14(10-15)20(24,25)26/h2-3,5-6,8-10,12,27H,4,7,11H2,1H3. The van der Waals surface area contributed by atoms with E-state index in [0.29, 0.717) is 12.1 Å². The highest BCUT2D eigenvalue weighted by Crippen LogP contribution is 2.37. The van der Waals surface area contributed by atoms with E-state index < -0.39 is 35.1 Å². The van der Waals surface area contributed by atoms with E-state index >= 15 is 0 Å². The first-order valence-electron chi connectivity index (χ1n) is 9.19. The van der Waals surface area contributed by atoms with Gasteiger partial charge < -0.3 is 15.0 Å². The number of amides is 1. The van der Waals surface area contributed by atoms with Crippen LogP contribution in [0.4, 0.5) is 32.0 Å². The van der Waals surface area contributed by atoms with Gasteiger partial charge >= 0.3 is 12.4 Å². The van der Waals surface area contributed by atoms with Crippen LogP contribution in [0.1, 0.15) is 17.5 Å². The van der Waals surface area contributed by atoms with Gasteiger partial charge in [-0.25, -0.2) is 0 Å². The van der Waals surface area contributed by atoms with E-state index in [-0.39, 0.29) is 43.0 Å². The fourth-order valence-corrected chi connectivity index (χ4v) is 3.34. The number of carbonyl (C=O) groups is 2. The third-order valence-electron chi connectivity index (χ3n) is 5.10. The van der Waals surface area contributed by atoms with Crippen molar-refractivity contribution in [1.82, 2.24) is 4.90 Å². The van der Waals surface area contributed by atoms with E-state index in [9.17, 15) is 35.9 Å². The van der Waals surface area contributed by atoms with E-state index in [1.807, 2.05) is 0 Å². The van der Waals surface area contributed by atoms with Gasteiger partial charge in [0.2, 0.25) is 5.91 Å². The van der Waals surface area contributed by atoms with Crippen LogP contribution in [0, 0.1) is 5.92 Å². The first-order chi connectivity index (χ1) is 14.3. The second-order valence-electron chi connectivity index (χ2n) is 7.24. The second-order valence-corrected chi connectivity index (χ2v) is 7.24. The zero-order chi connectivity index (χ0) is 23.0. The number of carbonyl (C=O) groups excluding carboxylic acids is 2. The molecule has 1 aliphatic carbocycles. The Morgan fingerprint density at radius 3 is 2.10 bits per heavy atom. The van der Waals surface area contributed by atoms with Crippen LogP contribution in [0.5, 0.6) is 0 Å². The monoisotopic (exact) mass is 448 g/mol. The van der Waals surface area contributed by atoms with Crippen molar-refractivity contribution >= 4 is 17.4 Å². The number of likely N-dealkylation sites (N-methyl/N-ethyl adjacent to an activating group) is 1. The van der Waals surface area contributed by atoms with Gasteiger partial charge in [0.05, 0.1) is 23.7 Å². The molecule has 1 heterocycles. The van der Waals surface area contributed by atoms with Gasteiger partial charge in [-0.3, -0.25) is 9.59 Å². The maximum absolute atomic E-state index is 12.9. The van der Waals surface area contributed by atoms with Crippen LogP contribution < -0.4 is 5.32 Å². The fourth-order valence-electron chi connectivity index (χ4n) is 3.34. The summed E-state index contributed by atoms with van der Waals surface area (Å²) in [6.45, 7) is -0.0759. The Kier molecular flexibility index (Phi) is 5.92. The molecule has 1 atom stereocenters. The van der Waals surface area contributed by atoms with Crippen molar-refractivity contribution in [3.05, 3.63) is 53.6 Å². The minimum atomic E-state index is -4.94. The maximum Gasteiger partial charge on any atom is 0.416 e. The average Bonchev–Trinajstić information content (AvgIpc) is 2.68. The molecule has 5 nitrogen and oxygen atoms in total. The van der Waals surface area contributed by atoms with Crippen LogP contribution in [0.25, 0.3) is 0 Å². The molecule has 0 saturated carbocycles. The Hall–Kier alpha value is -2.82. The lowest BCUT2D eigenvalue weighted by Gasteiger charge is -2.44. The molecule has 0 aromatic heterocycles. The number of nitrogens with zero attached hydrogens (tertiary/aromatic N) is 1. The number of alkyl halides is 6. The van der Waals surface area contributed by atoms with E-state index in [1.165, 1.54) is 36.3 Å². The molecule has 3 rings (SSSR count). The molecule has 1 aliphatic heterocycles. The second kappa shape index (κ2) is 8.03. The van der Waals surface area contributed by atoms with Gasteiger partial charge in [-0.2, -0.15) is 26.3 Å². The minimum absolute atomic E-state index is 0.0237. The summed E-state index contributed by atoms with van der Waals surface area (Å²) in [6.07, 6.45) is -4.32. The number of anilines is 1. The van der Waals surface area contributed by atoms with Crippen molar-refractivity contribution in [1.29, 1.82) is 0 Å². The molecule has 1 N–H and O–H groups in total. The lowest BCUT2D eigenvalue weighted by molar-refractivity contribution is -0.175. The smallest absolute Gasteiger partial charge is 0.385 e. The summed E-state index contributed by atoms with van der Waals surface area (Å²) in [6, 6.07) is 1.22. The van der Waals surface area contributed by atoms with Gasteiger partial charge in [-0.05, 0) is 48.9 Å². The number of hydrogen-bond acceptors (Lipinski definition) is 4. The summed E-state index contributed by atoms with van der Waals surface area (Å²) in [7, 11) is 1.48. The molecule has 1 aromatic rings. The van der Waals surface area contributed by atoms with Crippen LogP contribution in [0.2, 0.25) is 0 Å². The number of ketones is 1. The molecule has 2 aliphatic rings. The van der Waals surface area contributed by atoms with Gasteiger partial charge in [-0.1, -0.05) is 0 Å². The van der Waals surface area contributed by atoms with Crippen molar-refractivity contribution in [2.45, 2.75) is 24.5 Å². The Morgan fingerprint density at radius 2 is 1.58 bits per heavy atom. The first kappa shape index (κ1) is 22.9. The van der Waals surface area contributed by atoms with Gasteiger partial charge in [0.25, 0.3) is 0 Å². The molecule has 0 bridgehead atoms. The van der Waals surface area contributed by atoms with Gasteiger partial charge in [0.1, 0.15) is 0 Å². The van der Waals surface area contributed by atoms with Crippen LogP contribution in [0.3, 0.4) is 0 Å². The summed E-state index contributed by atoms with van der Waals surface area (Å²) in [5, 5.41) is 2.53. The summed E-state index contributed by atoms with van der Waals surface area (Å²) in [4.78, 5) is 25.3. The maximum atomic E-state index is 12.9. The average molecular weight is 448 g/mol. The highest BCUT2D eigenvalue weighted by molar-refractivity contribution is 6.00. The molecule has 1 aromatic carbocycles. The SMILES string of the molecule is CN1C(=O)C(CCNc2cc(C(F)(F)F)cc(C(F)(F)F)c2)COC12C=CC(=O)C=C2. The molecule has 1 unspecified atom stereocenters. The van der Waals surface area contributed by atoms with Crippen molar-refractivity contribution in [3.63, 3.8) is 0 Å². The molecule has 1 amide bonds. The van der Waals surface area contributed by atoms with Gasteiger partial charge in [0.15, 0.2) is 11.5 Å². The number of allylic oxidation sites excluding steroid dienone is 2.